The second kappa shape index (κ2) is 5.06. The van der Waals surface area contributed by atoms with Crippen molar-refractivity contribution in [2.75, 3.05) is 24.7 Å². The summed E-state index contributed by atoms with van der Waals surface area (Å²) in [7, 11) is -3.11. The molecule has 3 heterocycles. The average molecular weight is 294 g/mol. The third kappa shape index (κ3) is 2.64. The fourth-order valence-corrected chi connectivity index (χ4v) is 3.58. The second-order valence-corrected chi connectivity index (χ2v) is 7.19. The zero-order chi connectivity index (χ0) is 14.2. The van der Waals surface area contributed by atoms with E-state index in [2.05, 4.69) is 15.3 Å². The Kier molecular flexibility index (Phi) is 3.39. The first kappa shape index (κ1) is 13.4. The molecule has 2 N–H and O–H groups in total. The van der Waals surface area contributed by atoms with Crippen LogP contribution in [0.15, 0.2) is 24.5 Å². The van der Waals surface area contributed by atoms with Crippen LogP contribution in [0.1, 0.15) is 12.8 Å². The molecule has 20 heavy (non-hydrogen) atoms. The Morgan fingerprint density at radius 1 is 1.45 bits per heavy atom. The van der Waals surface area contributed by atoms with Crippen LogP contribution in [0, 0.1) is 0 Å². The number of nitrogens with one attached hydrogen (secondary N) is 2. The molecule has 2 aromatic heterocycles. The maximum Gasteiger partial charge on any atom is 0.211 e. The quantitative estimate of drug-likeness (QED) is 0.897. The zero-order valence-electron chi connectivity index (χ0n) is 11.3. The lowest BCUT2D eigenvalue weighted by Gasteiger charge is -2.32. The molecule has 0 saturated carbocycles. The molecule has 2 aromatic rings. The maximum atomic E-state index is 11.6. The third-order valence-electron chi connectivity index (χ3n) is 3.67. The van der Waals surface area contributed by atoms with Gasteiger partial charge in [0.15, 0.2) is 0 Å². The van der Waals surface area contributed by atoms with E-state index in [1.807, 2.05) is 18.3 Å². The molecule has 1 saturated heterocycles. The number of hydrogen-bond donors (Lipinski definition) is 2. The standard InChI is InChI=1S/C13H18N4O2S/c1-20(18,19)17-8-2-3-10(9-17)16-12-5-7-15-13-11(12)4-6-14-13/h4-7,10H,2-3,8-9H2,1H3,(H2,14,15,16)/t10-/m1/s1. The molecule has 0 bridgehead atoms. The summed E-state index contributed by atoms with van der Waals surface area (Å²) >= 11 is 0. The molecule has 0 aromatic carbocycles. The minimum atomic E-state index is -3.11. The highest BCUT2D eigenvalue weighted by Gasteiger charge is 2.26. The van der Waals surface area contributed by atoms with Crippen molar-refractivity contribution in [2.24, 2.45) is 0 Å². The molecule has 3 rings (SSSR count). The number of H-pyrrole nitrogens is 1. The van der Waals surface area contributed by atoms with E-state index < -0.39 is 10.0 Å². The number of hydrogen-bond acceptors (Lipinski definition) is 4. The highest BCUT2D eigenvalue weighted by Crippen LogP contribution is 2.23. The van der Waals surface area contributed by atoms with Gasteiger partial charge in [-0.1, -0.05) is 0 Å². The first-order valence-electron chi connectivity index (χ1n) is 6.68. The summed E-state index contributed by atoms with van der Waals surface area (Å²) in [6, 6.07) is 4.04. The van der Waals surface area contributed by atoms with Crippen molar-refractivity contribution >= 4 is 26.7 Å². The summed E-state index contributed by atoms with van der Waals surface area (Å²) in [5.74, 6) is 0. The van der Waals surface area contributed by atoms with Gasteiger partial charge in [0.05, 0.1) is 6.26 Å². The number of aromatic amines is 1. The highest BCUT2D eigenvalue weighted by molar-refractivity contribution is 7.88. The first-order valence-corrected chi connectivity index (χ1v) is 8.52. The molecule has 0 radical (unpaired) electrons. The fourth-order valence-electron chi connectivity index (χ4n) is 2.67. The van der Waals surface area contributed by atoms with Gasteiger partial charge < -0.3 is 10.3 Å². The van der Waals surface area contributed by atoms with Crippen molar-refractivity contribution in [2.45, 2.75) is 18.9 Å². The van der Waals surface area contributed by atoms with Crippen LogP contribution in [0.4, 0.5) is 5.69 Å². The maximum absolute atomic E-state index is 11.6. The van der Waals surface area contributed by atoms with Crippen molar-refractivity contribution in [3.63, 3.8) is 0 Å². The molecule has 1 atom stereocenters. The van der Waals surface area contributed by atoms with Crippen LogP contribution >= 0.6 is 0 Å². The van der Waals surface area contributed by atoms with Crippen LogP contribution in [0.25, 0.3) is 11.0 Å². The molecule has 1 aliphatic heterocycles. The normalized spacial score (nSPS) is 21.1. The van der Waals surface area contributed by atoms with E-state index in [1.54, 1.807) is 10.5 Å². The van der Waals surface area contributed by atoms with E-state index in [0.717, 1.165) is 29.6 Å². The number of nitrogens with zero attached hydrogens (tertiary/aromatic N) is 2. The summed E-state index contributed by atoms with van der Waals surface area (Å²) in [4.78, 5) is 7.32. The average Bonchev–Trinajstić information content (AvgIpc) is 2.87. The number of anilines is 1. The fraction of sp³-hybridized carbons (Fsp3) is 0.462. The molecule has 0 aliphatic carbocycles. The molecular formula is C13H18N4O2S. The summed E-state index contributed by atoms with van der Waals surface area (Å²) < 4.78 is 24.8. The van der Waals surface area contributed by atoms with Gasteiger partial charge >= 0.3 is 0 Å². The van der Waals surface area contributed by atoms with Crippen LogP contribution in [0.2, 0.25) is 0 Å². The molecule has 0 amide bonds. The van der Waals surface area contributed by atoms with Crippen LogP contribution in [0.3, 0.4) is 0 Å². The van der Waals surface area contributed by atoms with Crippen molar-refractivity contribution in [3.05, 3.63) is 24.5 Å². The molecule has 6 nitrogen and oxygen atoms in total. The van der Waals surface area contributed by atoms with Crippen molar-refractivity contribution in [1.82, 2.24) is 14.3 Å². The van der Waals surface area contributed by atoms with Crippen LogP contribution in [0.5, 0.6) is 0 Å². The van der Waals surface area contributed by atoms with Gasteiger partial charge in [-0.15, -0.1) is 0 Å². The highest BCUT2D eigenvalue weighted by atomic mass is 32.2. The molecule has 0 unspecified atom stereocenters. The van der Waals surface area contributed by atoms with E-state index in [4.69, 9.17) is 0 Å². The van der Waals surface area contributed by atoms with Gasteiger partial charge in [0.1, 0.15) is 5.65 Å². The lowest BCUT2D eigenvalue weighted by Crippen LogP contribution is -2.44. The van der Waals surface area contributed by atoms with Crippen LogP contribution < -0.4 is 5.32 Å². The van der Waals surface area contributed by atoms with Gasteiger partial charge in [0.25, 0.3) is 0 Å². The Hall–Kier alpha value is -1.60. The molecular weight excluding hydrogens is 276 g/mol. The topological polar surface area (TPSA) is 78.1 Å². The number of sulfonamides is 1. The van der Waals surface area contributed by atoms with Crippen LogP contribution in [-0.2, 0) is 10.0 Å². The van der Waals surface area contributed by atoms with Gasteiger partial charge in [0.2, 0.25) is 10.0 Å². The SMILES string of the molecule is CS(=O)(=O)N1CCC[C@@H](Nc2ccnc3[nH]ccc23)C1. The number of pyridine rings is 1. The smallest absolute Gasteiger partial charge is 0.211 e. The Morgan fingerprint density at radius 3 is 3.10 bits per heavy atom. The second-order valence-electron chi connectivity index (χ2n) is 5.20. The van der Waals surface area contributed by atoms with Gasteiger partial charge in [-0.25, -0.2) is 17.7 Å². The minimum Gasteiger partial charge on any atom is -0.380 e. The Balaban J connectivity index is 1.79. The van der Waals surface area contributed by atoms with E-state index in [1.165, 1.54) is 6.26 Å². The van der Waals surface area contributed by atoms with Crippen molar-refractivity contribution in [1.29, 1.82) is 0 Å². The molecule has 108 valence electrons. The zero-order valence-corrected chi connectivity index (χ0v) is 12.2. The summed E-state index contributed by atoms with van der Waals surface area (Å²) in [6.07, 6.45) is 6.73. The molecule has 0 spiro atoms. The summed E-state index contributed by atoms with van der Waals surface area (Å²) in [5.41, 5.74) is 1.84. The van der Waals surface area contributed by atoms with Gasteiger partial charge in [0, 0.05) is 42.6 Å². The minimum absolute atomic E-state index is 0.138. The summed E-state index contributed by atoms with van der Waals surface area (Å²) in [6.45, 7) is 1.14. The lowest BCUT2D eigenvalue weighted by molar-refractivity contribution is 0.329. The Morgan fingerprint density at radius 2 is 2.30 bits per heavy atom. The van der Waals surface area contributed by atoms with E-state index in [-0.39, 0.29) is 6.04 Å². The summed E-state index contributed by atoms with van der Waals surface area (Å²) in [5, 5.41) is 4.48. The third-order valence-corrected chi connectivity index (χ3v) is 4.94. The number of aromatic nitrogens is 2. The van der Waals surface area contributed by atoms with Gasteiger partial charge in [-0.2, -0.15) is 0 Å². The largest absolute Gasteiger partial charge is 0.380 e. The van der Waals surface area contributed by atoms with E-state index in [9.17, 15) is 8.42 Å². The number of fused-ring (bicyclic) bond motifs is 1. The van der Waals surface area contributed by atoms with E-state index in [0.29, 0.717) is 13.1 Å². The molecule has 7 heteroatoms. The van der Waals surface area contributed by atoms with Crippen molar-refractivity contribution in [3.8, 4) is 0 Å². The van der Waals surface area contributed by atoms with Crippen LogP contribution in [-0.4, -0.2) is 48.1 Å². The van der Waals surface area contributed by atoms with Gasteiger partial charge in [-0.05, 0) is 25.0 Å². The predicted octanol–water partition coefficient (Wildman–Crippen LogP) is 1.40. The first-order chi connectivity index (χ1) is 9.54. The Labute approximate surface area is 118 Å². The predicted molar refractivity (Wildman–Crippen MR) is 79.2 cm³/mol. The van der Waals surface area contributed by atoms with Crippen molar-refractivity contribution < 1.29 is 8.42 Å². The monoisotopic (exact) mass is 294 g/mol. The molecule has 1 aliphatic rings. The number of piperidine rings is 1. The lowest BCUT2D eigenvalue weighted by atomic mass is 10.1. The number of rotatable bonds is 3. The molecule has 1 fully saturated rings. The van der Waals surface area contributed by atoms with Gasteiger partial charge in [-0.3, -0.25) is 0 Å². The Bertz CT molecular complexity index is 710. The van der Waals surface area contributed by atoms with E-state index >= 15 is 0 Å².